The van der Waals surface area contributed by atoms with Crippen molar-refractivity contribution in [2.24, 2.45) is 5.10 Å². The Balaban J connectivity index is 1.66. The van der Waals surface area contributed by atoms with E-state index in [4.69, 9.17) is 4.42 Å². The van der Waals surface area contributed by atoms with E-state index in [9.17, 15) is 4.79 Å². The smallest absolute Gasteiger partial charge is 0.271 e. The molecule has 3 rings (SSSR count). The summed E-state index contributed by atoms with van der Waals surface area (Å²) in [6.45, 7) is 1.88. The van der Waals surface area contributed by atoms with E-state index < -0.39 is 0 Å². The molecule has 120 valence electrons. The zero-order valence-electron chi connectivity index (χ0n) is 13.0. The quantitative estimate of drug-likeness (QED) is 0.521. The number of amides is 1. The van der Waals surface area contributed by atoms with Gasteiger partial charge in [-0.25, -0.2) is 5.43 Å². The van der Waals surface area contributed by atoms with Crippen molar-refractivity contribution in [2.75, 3.05) is 0 Å². The number of furan rings is 1. The van der Waals surface area contributed by atoms with E-state index in [0.29, 0.717) is 11.3 Å². The molecular weight excluding hydrogens is 368 g/mol. The van der Waals surface area contributed by atoms with Crippen LogP contribution in [0.3, 0.4) is 0 Å². The van der Waals surface area contributed by atoms with Crippen LogP contribution in [-0.4, -0.2) is 12.1 Å². The molecule has 0 unspecified atom stereocenters. The van der Waals surface area contributed by atoms with Gasteiger partial charge in [0.25, 0.3) is 5.91 Å². The molecule has 1 amide bonds. The first-order chi connectivity index (χ1) is 11.6. The van der Waals surface area contributed by atoms with Crippen LogP contribution in [0.25, 0.3) is 11.3 Å². The molecule has 0 aliphatic carbocycles. The fourth-order valence-corrected chi connectivity index (χ4v) is 2.50. The second kappa shape index (κ2) is 7.27. The molecule has 0 spiro atoms. The maximum atomic E-state index is 12.1. The highest BCUT2D eigenvalue weighted by molar-refractivity contribution is 9.10. The molecule has 0 aliphatic heterocycles. The van der Waals surface area contributed by atoms with Gasteiger partial charge in [-0.1, -0.05) is 46.3 Å². The molecule has 5 heteroatoms. The Kier molecular flexibility index (Phi) is 4.91. The van der Waals surface area contributed by atoms with Gasteiger partial charge in [0.1, 0.15) is 11.5 Å². The predicted molar refractivity (Wildman–Crippen MR) is 98.1 cm³/mol. The average molecular weight is 383 g/mol. The van der Waals surface area contributed by atoms with Crippen molar-refractivity contribution in [1.29, 1.82) is 0 Å². The molecule has 0 fully saturated rings. The topological polar surface area (TPSA) is 54.6 Å². The van der Waals surface area contributed by atoms with Gasteiger partial charge < -0.3 is 4.42 Å². The molecule has 4 nitrogen and oxygen atoms in total. The summed E-state index contributed by atoms with van der Waals surface area (Å²) in [7, 11) is 0. The van der Waals surface area contributed by atoms with Crippen LogP contribution in [0.5, 0.6) is 0 Å². The molecule has 0 saturated heterocycles. The molecule has 0 aliphatic rings. The van der Waals surface area contributed by atoms with Crippen molar-refractivity contribution in [3.63, 3.8) is 0 Å². The number of hydrazone groups is 1. The van der Waals surface area contributed by atoms with Gasteiger partial charge >= 0.3 is 0 Å². The first-order valence-electron chi connectivity index (χ1n) is 7.38. The first-order valence-corrected chi connectivity index (χ1v) is 8.17. The van der Waals surface area contributed by atoms with E-state index >= 15 is 0 Å². The minimum Gasteiger partial charge on any atom is -0.455 e. The van der Waals surface area contributed by atoms with Crippen LogP contribution in [-0.2, 0) is 0 Å². The van der Waals surface area contributed by atoms with Crippen LogP contribution < -0.4 is 5.43 Å². The van der Waals surface area contributed by atoms with Crippen molar-refractivity contribution in [2.45, 2.75) is 6.92 Å². The molecule has 0 saturated carbocycles. The molecule has 2 aromatic carbocycles. The highest BCUT2D eigenvalue weighted by Gasteiger charge is 2.07. The number of hydrogen-bond acceptors (Lipinski definition) is 3. The summed E-state index contributed by atoms with van der Waals surface area (Å²) in [6.07, 6.45) is 1.48. The maximum Gasteiger partial charge on any atom is 0.271 e. The van der Waals surface area contributed by atoms with Gasteiger partial charge in [0.05, 0.1) is 6.21 Å². The van der Waals surface area contributed by atoms with Crippen LogP contribution in [0.15, 0.2) is 74.7 Å². The highest BCUT2D eigenvalue weighted by atomic mass is 79.9. The summed E-state index contributed by atoms with van der Waals surface area (Å²) >= 11 is 3.40. The number of nitrogens with one attached hydrogen (secondary N) is 1. The SMILES string of the molecule is Cc1ccccc1C(=O)NN=Cc1ccc(-c2ccc(Br)cc2)o1. The number of nitrogens with zero attached hydrogens (tertiary/aromatic N) is 1. The molecule has 1 heterocycles. The Labute approximate surface area is 148 Å². The molecule has 1 aromatic heterocycles. The van der Waals surface area contributed by atoms with Gasteiger partial charge in [0, 0.05) is 15.6 Å². The summed E-state index contributed by atoms with van der Waals surface area (Å²) in [5.41, 5.74) is 4.99. The number of rotatable bonds is 4. The minimum atomic E-state index is -0.246. The molecular formula is C19H15BrN2O2. The third-order valence-electron chi connectivity index (χ3n) is 3.50. The Hall–Kier alpha value is -2.66. The summed E-state index contributed by atoms with van der Waals surface area (Å²) in [6, 6.07) is 18.9. The molecule has 24 heavy (non-hydrogen) atoms. The van der Waals surface area contributed by atoms with Crippen molar-refractivity contribution >= 4 is 28.1 Å². The Morgan fingerprint density at radius 1 is 1.08 bits per heavy atom. The lowest BCUT2D eigenvalue weighted by molar-refractivity contribution is 0.0954. The fraction of sp³-hybridized carbons (Fsp3) is 0.0526. The molecule has 0 atom stereocenters. The van der Waals surface area contributed by atoms with E-state index in [1.165, 1.54) is 6.21 Å². The second-order valence-electron chi connectivity index (χ2n) is 5.22. The third-order valence-corrected chi connectivity index (χ3v) is 4.03. The van der Waals surface area contributed by atoms with Gasteiger partial charge in [0.15, 0.2) is 0 Å². The van der Waals surface area contributed by atoms with Gasteiger partial charge in [-0.2, -0.15) is 5.10 Å². The maximum absolute atomic E-state index is 12.1. The van der Waals surface area contributed by atoms with Crippen molar-refractivity contribution in [3.8, 4) is 11.3 Å². The molecule has 1 N–H and O–H groups in total. The summed E-state index contributed by atoms with van der Waals surface area (Å²) in [5, 5.41) is 3.95. The average Bonchev–Trinajstić information content (AvgIpc) is 3.04. The summed E-state index contributed by atoms with van der Waals surface area (Å²) < 4.78 is 6.72. The lowest BCUT2D eigenvalue weighted by Crippen LogP contribution is -2.18. The molecule has 3 aromatic rings. The monoisotopic (exact) mass is 382 g/mol. The van der Waals surface area contributed by atoms with E-state index in [2.05, 4.69) is 26.5 Å². The lowest BCUT2D eigenvalue weighted by atomic mass is 10.1. The standard InChI is InChI=1S/C19H15BrN2O2/c1-13-4-2-3-5-17(13)19(23)22-21-12-16-10-11-18(24-16)14-6-8-15(20)9-7-14/h2-12H,1H3,(H,22,23). The fourth-order valence-electron chi connectivity index (χ4n) is 2.23. The van der Waals surface area contributed by atoms with E-state index in [1.807, 2.05) is 55.5 Å². The molecule has 0 bridgehead atoms. The van der Waals surface area contributed by atoms with Gasteiger partial charge in [-0.15, -0.1) is 0 Å². The summed E-state index contributed by atoms with van der Waals surface area (Å²) in [4.78, 5) is 12.1. The van der Waals surface area contributed by atoms with Crippen LogP contribution in [0.4, 0.5) is 0 Å². The third kappa shape index (κ3) is 3.81. The number of benzene rings is 2. The number of carbonyl (C=O) groups excluding carboxylic acids is 1. The number of aryl methyl sites for hydroxylation is 1. The zero-order valence-corrected chi connectivity index (χ0v) is 14.6. The zero-order chi connectivity index (χ0) is 16.9. The van der Waals surface area contributed by atoms with Gasteiger partial charge in [-0.3, -0.25) is 4.79 Å². The van der Waals surface area contributed by atoms with E-state index in [1.54, 1.807) is 12.1 Å². The van der Waals surface area contributed by atoms with Crippen molar-refractivity contribution < 1.29 is 9.21 Å². The lowest BCUT2D eigenvalue weighted by Gasteiger charge is -2.02. The number of halogens is 1. The van der Waals surface area contributed by atoms with Crippen LogP contribution in [0, 0.1) is 6.92 Å². The van der Waals surface area contributed by atoms with Crippen LogP contribution >= 0.6 is 15.9 Å². The number of carbonyl (C=O) groups is 1. The van der Waals surface area contributed by atoms with Crippen molar-refractivity contribution in [3.05, 3.63) is 82.0 Å². The normalized spacial score (nSPS) is 10.9. The van der Waals surface area contributed by atoms with Gasteiger partial charge in [0.2, 0.25) is 0 Å². The minimum absolute atomic E-state index is 0.246. The first kappa shape index (κ1) is 16.2. The van der Waals surface area contributed by atoms with Gasteiger partial charge in [-0.05, 0) is 42.8 Å². The van der Waals surface area contributed by atoms with E-state index in [0.717, 1.165) is 21.4 Å². The summed E-state index contributed by atoms with van der Waals surface area (Å²) in [5.74, 6) is 1.07. The van der Waals surface area contributed by atoms with Crippen LogP contribution in [0.2, 0.25) is 0 Å². The highest BCUT2D eigenvalue weighted by Crippen LogP contribution is 2.23. The Morgan fingerprint density at radius 3 is 2.58 bits per heavy atom. The Bertz CT molecular complexity index is 882. The Morgan fingerprint density at radius 2 is 1.83 bits per heavy atom. The van der Waals surface area contributed by atoms with Crippen molar-refractivity contribution in [1.82, 2.24) is 5.43 Å². The van der Waals surface area contributed by atoms with E-state index in [-0.39, 0.29) is 5.91 Å². The second-order valence-corrected chi connectivity index (χ2v) is 6.14. The largest absolute Gasteiger partial charge is 0.455 e. The number of hydrogen-bond donors (Lipinski definition) is 1. The predicted octanol–water partition coefficient (Wildman–Crippen LogP) is 4.78. The molecule has 0 radical (unpaired) electrons. The van der Waals surface area contributed by atoms with Crippen LogP contribution in [0.1, 0.15) is 21.7 Å².